The molecule has 0 bridgehead atoms. The quantitative estimate of drug-likeness (QED) is 0.849. The lowest BCUT2D eigenvalue weighted by Crippen LogP contribution is -2.35. The van der Waals surface area contributed by atoms with E-state index in [1.807, 2.05) is 38.1 Å². The predicted octanol–water partition coefficient (Wildman–Crippen LogP) is 3.04. The first-order valence-electron chi connectivity index (χ1n) is 5.69. The summed E-state index contributed by atoms with van der Waals surface area (Å²) in [5.41, 5.74) is 1.14. The molecule has 0 aliphatic carbocycles. The van der Waals surface area contributed by atoms with Crippen LogP contribution in [-0.2, 0) is 11.3 Å². The second-order valence-corrected chi connectivity index (χ2v) is 5.28. The van der Waals surface area contributed by atoms with Crippen molar-refractivity contribution in [2.24, 2.45) is 5.92 Å². The van der Waals surface area contributed by atoms with Gasteiger partial charge in [0, 0.05) is 17.1 Å². The summed E-state index contributed by atoms with van der Waals surface area (Å²) in [7, 11) is 0. The minimum Gasteiger partial charge on any atom is -0.481 e. The number of carboxylic acid groups (broad SMARTS) is 1. The maximum Gasteiger partial charge on any atom is 0.304 e. The molecule has 0 saturated carbocycles. The van der Waals surface area contributed by atoms with Crippen LogP contribution in [0.5, 0.6) is 0 Å². The van der Waals surface area contributed by atoms with E-state index >= 15 is 0 Å². The third-order valence-corrected chi connectivity index (χ3v) is 3.49. The fourth-order valence-corrected chi connectivity index (χ4v) is 2.04. The molecule has 1 unspecified atom stereocenters. The van der Waals surface area contributed by atoms with Crippen LogP contribution < -0.4 is 5.32 Å². The van der Waals surface area contributed by atoms with Gasteiger partial charge in [-0.25, -0.2) is 0 Å². The number of nitrogens with one attached hydrogen (secondary N) is 1. The van der Waals surface area contributed by atoms with Crippen molar-refractivity contribution >= 4 is 21.9 Å². The topological polar surface area (TPSA) is 49.3 Å². The lowest BCUT2D eigenvalue weighted by atomic mass is 10.0. The molecule has 17 heavy (non-hydrogen) atoms. The normalized spacial score (nSPS) is 12.7. The Bertz CT molecular complexity index is 379. The molecule has 3 nitrogen and oxygen atoms in total. The van der Waals surface area contributed by atoms with Gasteiger partial charge >= 0.3 is 5.97 Å². The van der Waals surface area contributed by atoms with Crippen molar-refractivity contribution in [3.8, 4) is 0 Å². The second kappa shape index (κ2) is 6.77. The SMILES string of the molecule is CC(C)C(CC(=O)O)NCc1ccccc1Br. The standard InChI is InChI=1S/C13H18BrNO2/c1-9(2)12(7-13(16)17)15-8-10-5-3-4-6-11(10)14/h3-6,9,12,15H,7-8H2,1-2H3,(H,16,17). The summed E-state index contributed by atoms with van der Waals surface area (Å²) in [4.78, 5) is 10.7. The molecule has 0 amide bonds. The minimum absolute atomic E-state index is 0.000365. The third kappa shape index (κ3) is 4.88. The van der Waals surface area contributed by atoms with Gasteiger partial charge < -0.3 is 10.4 Å². The highest BCUT2D eigenvalue weighted by atomic mass is 79.9. The molecular weight excluding hydrogens is 282 g/mol. The molecule has 1 atom stereocenters. The molecule has 1 rings (SSSR count). The van der Waals surface area contributed by atoms with E-state index in [1.165, 1.54) is 0 Å². The van der Waals surface area contributed by atoms with Crippen LogP contribution in [0.4, 0.5) is 0 Å². The Kier molecular flexibility index (Phi) is 5.65. The molecule has 94 valence electrons. The summed E-state index contributed by atoms with van der Waals surface area (Å²) in [6.45, 7) is 4.73. The fourth-order valence-electron chi connectivity index (χ4n) is 1.61. The number of carbonyl (C=O) groups is 1. The van der Waals surface area contributed by atoms with Gasteiger partial charge in [0.05, 0.1) is 6.42 Å². The maximum absolute atomic E-state index is 10.7. The van der Waals surface area contributed by atoms with Crippen LogP contribution in [0.1, 0.15) is 25.8 Å². The smallest absolute Gasteiger partial charge is 0.304 e. The van der Waals surface area contributed by atoms with Crippen LogP contribution in [0.3, 0.4) is 0 Å². The van der Waals surface area contributed by atoms with Crippen LogP contribution >= 0.6 is 15.9 Å². The third-order valence-electron chi connectivity index (χ3n) is 2.71. The summed E-state index contributed by atoms with van der Waals surface area (Å²) < 4.78 is 1.05. The van der Waals surface area contributed by atoms with Gasteiger partial charge in [0.2, 0.25) is 0 Å². The zero-order valence-corrected chi connectivity index (χ0v) is 11.7. The van der Waals surface area contributed by atoms with Crippen molar-refractivity contribution in [3.63, 3.8) is 0 Å². The number of benzene rings is 1. The molecule has 0 saturated heterocycles. The van der Waals surface area contributed by atoms with E-state index < -0.39 is 5.97 Å². The van der Waals surface area contributed by atoms with Crippen molar-refractivity contribution in [2.45, 2.75) is 32.9 Å². The Morgan fingerprint density at radius 3 is 2.59 bits per heavy atom. The van der Waals surface area contributed by atoms with E-state index in [4.69, 9.17) is 5.11 Å². The van der Waals surface area contributed by atoms with Crippen LogP contribution in [0, 0.1) is 5.92 Å². The summed E-state index contributed by atoms with van der Waals surface area (Å²) in [5, 5.41) is 12.1. The average Bonchev–Trinajstić information content (AvgIpc) is 2.25. The number of carboxylic acids is 1. The van der Waals surface area contributed by atoms with E-state index in [0.29, 0.717) is 12.5 Å². The van der Waals surface area contributed by atoms with Crippen molar-refractivity contribution in [1.82, 2.24) is 5.32 Å². The molecule has 0 radical (unpaired) electrons. The number of rotatable bonds is 6. The van der Waals surface area contributed by atoms with Gasteiger partial charge in [-0.15, -0.1) is 0 Å². The van der Waals surface area contributed by atoms with Crippen LogP contribution in [0.25, 0.3) is 0 Å². The fraction of sp³-hybridized carbons (Fsp3) is 0.462. The van der Waals surface area contributed by atoms with Gasteiger partial charge in [-0.05, 0) is 17.5 Å². The van der Waals surface area contributed by atoms with Crippen LogP contribution in [0.15, 0.2) is 28.7 Å². The molecule has 0 aromatic heterocycles. The van der Waals surface area contributed by atoms with Gasteiger partial charge in [-0.3, -0.25) is 4.79 Å². The maximum atomic E-state index is 10.7. The first-order chi connectivity index (χ1) is 8.00. The van der Waals surface area contributed by atoms with Crippen LogP contribution in [0.2, 0.25) is 0 Å². The Balaban J connectivity index is 2.58. The molecule has 0 aliphatic rings. The van der Waals surface area contributed by atoms with Gasteiger partial charge in [-0.2, -0.15) is 0 Å². The highest BCUT2D eigenvalue weighted by Crippen LogP contribution is 2.16. The summed E-state index contributed by atoms with van der Waals surface area (Å²) >= 11 is 3.48. The van der Waals surface area contributed by atoms with Crippen molar-refractivity contribution in [2.75, 3.05) is 0 Å². The lowest BCUT2D eigenvalue weighted by molar-refractivity contribution is -0.137. The molecule has 0 fully saturated rings. The molecule has 0 spiro atoms. The van der Waals surface area contributed by atoms with Crippen molar-refractivity contribution in [1.29, 1.82) is 0 Å². The van der Waals surface area contributed by atoms with Gasteiger partial charge in [-0.1, -0.05) is 48.0 Å². The summed E-state index contributed by atoms with van der Waals surface area (Å²) in [5.74, 6) is -0.461. The number of hydrogen-bond donors (Lipinski definition) is 2. The van der Waals surface area contributed by atoms with Crippen LogP contribution in [-0.4, -0.2) is 17.1 Å². The second-order valence-electron chi connectivity index (χ2n) is 4.42. The lowest BCUT2D eigenvalue weighted by Gasteiger charge is -2.21. The van der Waals surface area contributed by atoms with E-state index in [9.17, 15) is 4.79 Å². The van der Waals surface area contributed by atoms with Crippen molar-refractivity contribution in [3.05, 3.63) is 34.3 Å². The highest BCUT2D eigenvalue weighted by Gasteiger charge is 2.16. The number of hydrogen-bond acceptors (Lipinski definition) is 2. The minimum atomic E-state index is -0.761. The monoisotopic (exact) mass is 299 g/mol. The first-order valence-corrected chi connectivity index (χ1v) is 6.48. The zero-order valence-electron chi connectivity index (χ0n) is 10.1. The first kappa shape index (κ1) is 14.2. The van der Waals surface area contributed by atoms with E-state index in [1.54, 1.807) is 0 Å². The number of aliphatic carboxylic acids is 1. The molecule has 4 heteroatoms. The Morgan fingerprint density at radius 2 is 2.06 bits per heavy atom. The molecular formula is C13H18BrNO2. The Labute approximate surface area is 110 Å². The largest absolute Gasteiger partial charge is 0.481 e. The van der Waals surface area contributed by atoms with Crippen molar-refractivity contribution < 1.29 is 9.90 Å². The molecule has 2 N–H and O–H groups in total. The summed E-state index contributed by atoms with van der Waals surface area (Å²) in [6.07, 6.45) is 0.155. The Morgan fingerprint density at radius 1 is 1.41 bits per heavy atom. The molecule has 0 heterocycles. The highest BCUT2D eigenvalue weighted by molar-refractivity contribution is 9.10. The Hall–Kier alpha value is -0.870. The van der Waals surface area contributed by atoms with E-state index in [2.05, 4.69) is 21.2 Å². The average molecular weight is 300 g/mol. The van der Waals surface area contributed by atoms with Gasteiger partial charge in [0.1, 0.15) is 0 Å². The van der Waals surface area contributed by atoms with Gasteiger partial charge in [0.25, 0.3) is 0 Å². The zero-order chi connectivity index (χ0) is 12.8. The molecule has 0 aliphatic heterocycles. The molecule has 1 aromatic carbocycles. The molecule has 1 aromatic rings. The van der Waals surface area contributed by atoms with E-state index in [0.717, 1.165) is 10.0 Å². The summed E-state index contributed by atoms with van der Waals surface area (Å²) in [6, 6.07) is 7.95. The predicted molar refractivity (Wildman–Crippen MR) is 71.9 cm³/mol. The van der Waals surface area contributed by atoms with Gasteiger partial charge in [0.15, 0.2) is 0 Å². The van der Waals surface area contributed by atoms with E-state index in [-0.39, 0.29) is 12.5 Å². The number of halogens is 1.